The summed E-state index contributed by atoms with van der Waals surface area (Å²) in [7, 11) is 0. The molecule has 0 atom stereocenters. The van der Waals surface area contributed by atoms with Crippen LogP contribution in [0.25, 0.3) is 11.0 Å². The standard InChI is InChI=1S/C14H17F3N4O/c15-14(16,17)10-2-1-3-11-12(10)21(13(22)19-11)9-4-6-20(8-18)7-5-9/h1-3,9H,4-8,18H2,(H,19,22). The Morgan fingerprint density at radius 3 is 2.55 bits per heavy atom. The number of rotatable bonds is 2. The SMILES string of the molecule is NCN1CCC(n2c(=O)[nH]c3cccc(C(F)(F)F)c32)CC1. The summed E-state index contributed by atoms with van der Waals surface area (Å²) < 4.78 is 41.0. The maximum Gasteiger partial charge on any atom is 0.418 e. The molecular weight excluding hydrogens is 297 g/mol. The molecule has 5 nitrogen and oxygen atoms in total. The van der Waals surface area contributed by atoms with Gasteiger partial charge in [0.1, 0.15) is 0 Å². The number of fused-ring (bicyclic) bond motifs is 1. The van der Waals surface area contributed by atoms with Gasteiger partial charge >= 0.3 is 11.9 Å². The molecule has 1 saturated heterocycles. The highest BCUT2D eigenvalue weighted by atomic mass is 19.4. The van der Waals surface area contributed by atoms with Gasteiger partial charge in [-0.05, 0) is 25.0 Å². The van der Waals surface area contributed by atoms with Gasteiger partial charge in [-0.1, -0.05) is 6.07 Å². The van der Waals surface area contributed by atoms with Crippen LogP contribution >= 0.6 is 0 Å². The van der Waals surface area contributed by atoms with E-state index >= 15 is 0 Å². The summed E-state index contributed by atoms with van der Waals surface area (Å²) in [5.41, 5.74) is 4.48. The van der Waals surface area contributed by atoms with Gasteiger partial charge in [-0.2, -0.15) is 13.2 Å². The van der Waals surface area contributed by atoms with Crippen molar-refractivity contribution in [2.45, 2.75) is 25.1 Å². The van der Waals surface area contributed by atoms with Gasteiger partial charge in [-0.25, -0.2) is 4.79 Å². The predicted octanol–water partition coefficient (Wildman–Crippen LogP) is 1.90. The minimum Gasteiger partial charge on any atom is -0.318 e. The first-order chi connectivity index (χ1) is 10.4. The lowest BCUT2D eigenvalue weighted by atomic mass is 10.0. The zero-order chi connectivity index (χ0) is 15.9. The summed E-state index contributed by atoms with van der Waals surface area (Å²) in [5.74, 6) is 0. The molecule has 3 rings (SSSR count). The second kappa shape index (κ2) is 5.44. The van der Waals surface area contributed by atoms with Gasteiger partial charge in [0.2, 0.25) is 0 Å². The zero-order valence-electron chi connectivity index (χ0n) is 11.9. The normalized spacial score (nSPS) is 18.2. The summed E-state index contributed by atoms with van der Waals surface area (Å²) in [6, 6.07) is 3.58. The first-order valence-corrected chi connectivity index (χ1v) is 7.14. The van der Waals surface area contributed by atoms with Gasteiger partial charge in [0, 0.05) is 25.8 Å². The van der Waals surface area contributed by atoms with Gasteiger partial charge in [-0.15, -0.1) is 0 Å². The van der Waals surface area contributed by atoms with E-state index in [4.69, 9.17) is 5.73 Å². The van der Waals surface area contributed by atoms with Crippen LogP contribution in [0.15, 0.2) is 23.0 Å². The number of hydrogen-bond acceptors (Lipinski definition) is 3. The lowest BCUT2D eigenvalue weighted by Crippen LogP contribution is -2.39. The molecule has 0 amide bonds. The number of piperidine rings is 1. The molecule has 1 aromatic carbocycles. The summed E-state index contributed by atoms with van der Waals surface area (Å²) >= 11 is 0. The molecule has 2 aromatic rings. The number of benzene rings is 1. The summed E-state index contributed by atoms with van der Waals surface area (Å²) in [5, 5.41) is 0. The molecule has 0 saturated carbocycles. The Morgan fingerprint density at radius 2 is 1.95 bits per heavy atom. The van der Waals surface area contributed by atoms with E-state index in [1.807, 2.05) is 4.90 Å². The van der Waals surface area contributed by atoms with Crippen molar-refractivity contribution in [3.8, 4) is 0 Å². The van der Waals surface area contributed by atoms with Crippen LogP contribution < -0.4 is 11.4 Å². The molecule has 1 aliphatic heterocycles. The molecule has 0 unspecified atom stereocenters. The maximum atomic E-state index is 13.2. The lowest BCUT2D eigenvalue weighted by molar-refractivity contribution is -0.136. The Balaban J connectivity index is 2.10. The number of halogens is 3. The molecule has 1 fully saturated rings. The summed E-state index contributed by atoms with van der Waals surface area (Å²) in [6.45, 7) is 1.77. The molecule has 2 heterocycles. The van der Waals surface area contributed by atoms with Gasteiger partial charge in [0.25, 0.3) is 0 Å². The van der Waals surface area contributed by atoms with Crippen molar-refractivity contribution in [1.29, 1.82) is 0 Å². The smallest absolute Gasteiger partial charge is 0.318 e. The number of aromatic nitrogens is 2. The molecule has 0 spiro atoms. The molecule has 1 aliphatic rings. The number of likely N-dealkylation sites (tertiary alicyclic amines) is 1. The highest BCUT2D eigenvalue weighted by Crippen LogP contribution is 2.35. The number of H-pyrrole nitrogens is 1. The molecular formula is C14H17F3N4O. The van der Waals surface area contributed by atoms with Crippen LogP contribution in [0.5, 0.6) is 0 Å². The number of nitrogens with one attached hydrogen (secondary N) is 1. The quantitative estimate of drug-likeness (QED) is 0.890. The van der Waals surface area contributed by atoms with E-state index in [2.05, 4.69) is 4.98 Å². The number of aromatic amines is 1. The second-order valence-corrected chi connectivity index (χ2v) is 5.53. The predicted molar refractivity (Wildman–Crippen MR) is 76.5 cm³/mol. The highest BCUT2D eigenvalue weighted by Gasteiger charge is 2.35. The Hall–Kier alpha value is -1.80. The van der Waals surface area contributed by atoms with E-state index < -0.39 is 17.4 Å². The minimum absolute atomic E-state index is 0.0498. The number of alkyl halides is 3. The van der Waals surface area contributed by atoms with Crippen LogP contribution in [-0.2, 0) is 6.18 Å². The van der Waals surface area contributed by atoms with Crippen LogP contribution in [0, 0.1) is 0 Å². The number of para-hydroxylation sites is 1. The second-order valence-electron chi connectivity index (χ2n) is 5.53. The molecule has 8 heteroatoms. The van der Waals surface area contributed by atoms with Crippen LogP contribution in [-0.4, -0.2) is 34.2 Å². The van der Waals surface area contributed by atoms with Gasteiger partial charge in [0.15, 0.2) is 0 Å². The average Bonchev–Trinajstić information content (AvgIpc) is 2.82. The fourth-order valence-corrected chi connectivity index (χ4v) is 3.12. The van der Waals surface area contributed by atoms with Crippen LogP contribution in [0.1, 0.15) is 24.4 Å². The number of nitrogens with zero attached hydrogens (tertiary/aromatic N) is 2. The van der Waals surface area contributed by atoms with Crippen molar-refractivity contribution < 1.29 is 13.2 Å². The van der Waals surface area contributed by atoms with E-state index in [-0.39, 0.29) is 17.1 Å². The molecule has 120 valence electrons. The summed E-state index contributed by atoms with van der Waals surface area (Å²) in [4.78, 5) is 16.7. The fourth-order valence-electron chi connectivity index (χ4n) is 3.12. The Labute approximate surface area is 124 Å². The maximum absolute atomic E-state index is 13.2. The molecule has 1 aromatic heterocycles. The molecule has 0 bridgehead atoms. The van der Waals surface area contributed by atoms with Crippen molar-refractivity contribution in [3.63, 3.8) is 0 Å². The number of hydrogen-bond donors (Lipinski definition) is 2. The third kappa shape index (κ3) is 2.52. The largest absolute Gasteiger partial charge is 0.418 e. The van der Waals surface area contributed by atoms with Crippen molar-refractivity contribution in [3.05, 3.63) is 34.2 Å². The fraction of sp³-hybridized carbons (Fsp3) is 0.500. The first kappa shape index (κ1) is 15.1. The van der Waals surface area contributed by atoms with Crippen molar-refractivity contribution >= 4 is 11.0 Å². The number of imidazole rings is 1. The highest BCUT2D eigenvalue weighted by molar-refractivity contribution is 5.79. The molecule has 0 aliphatic carbocycles. The molecule has 3 N–H and O–H groups in total. The van der Waals surface area contributed by atoms with Gasteiger partial charge in [-0.3, -0.25) is 9.47 Å². The third-order valence-electron chi connectivity index (χ3n) is 4.22. The Morgan fingerprint density at radius 1 is 1.27 bits per heavy atom. The molecule has 22 heavy (non-hydrogen) atoms. The summed E-state index contributed by atoms with van der Waals surface area (Å²) in [6.07, 6.45) is -3.28. The Bertz CT molecular complexity index is 726. The number of nitrogens with two attached hydrogens (primary N) is 1. The van der Waals surface area contributed by atoms with Crippen molar-refractivity contribution in [2.75, 3.05) is 19.8 Å². The van der Waals surface area contributed by atoms with E-state index in [0.717, 1.165) is 6.07 Å². The van der Waals surface area contributed by atoms with E-state index in [1.165, 1.54) is 16.7 Å². The van der Waals surface area contributed by atoms with Gasteiger partial charge < -0.3 is 10.7 Å². The monoisotopic (exact) mass is 314 g/mol. The molecule has 0 radical (unpaired) electrons. The van der Waals surface area contributed by atoms with Gasteiger partial charge in [0.05, 0.1) is 16.6 Å². The first-order valence-electron chi connectivity index (χ1n) is 7.14. The van der Waals surface area contributed by atoms with E-state index in [1.54, 1.807) is 0 Å². The Kier molecular flexibility index (Phi) is 3.73. The minimum atomic E-state index is -4.49. The van der Waals surface area contributed by atoms with Crippen molar-refractivity contribution in [2.24, 2.45) is 5.73 Å². The van der Waals surface area contributed by atoms with Crippen molar-refractivity contribution in [1.82, 2.24) is 14.5 Å². The zero-order valence-corrected chi connectivity index (χ0v) is 11.9. The third-order valence-corrected chi connectivity index (χ3v) is 4.22. The van der Waals surface area contributed by atoms with E-state index in [0.29, 0.717) is 32.6 Å². The van der Waals surface area contributed by atoms with Crippen LogP contribution in [0.4, 0.5) is 13.2 Å². The van der Waals surface area contributed by atoms with E-state index in [9.17, 15) is 18.0 Å². The lowest BCUT2D eigenvalue weighted by Gasteiger charge is -2.31. The van der Waals surface area contributed by atoms with Crippen LogP contribution in [0.2, 0.25) is 0 Å². The topological polar surface area (TPSA) is 67.0 Å². The van der Waals surface area contributed by atoms with Crippen LogP contribution in [0.3, 0.4) is 0 Å². The average molecular weight is 314 g/mol.